The van der Waals surface area contributed by atoms with Crippen molar-refractivity contribution in [3.63, 3.8) is 0 Å². The van der Waals surface area contributed by atoms with Gasteiger partial charge in [0.1, 0.15) is 18.0 Å². The maximum absolute atomic E-state index is 12.9. The molecule has 0 amide bonds. The van der Waals surface area contributed by atoms with Gasteiger partial charge in [-0.1, -0.05) is 78.3 Å². The van der Waals surface area contributed by atoms with Gasteiger partial charge in [-0.25, -0.2) is 0 Å². The number of rotatable bonds is 6. The van der Waals surface area contributed by atoms with E-state index in [1.54, 1.807) is 18.2 Å². The number of nitrogens with one attached hydrogen (secondary N) is 1. The zero-order chi connectivity index (χ0) is 25.4. The van der Waals surface area contributed by atoms with Crippen molar-refractivity contribution in [2.75, 3.05) is 5.48 Å². The molecule has 2 N–H and O–H groups in total. The molecule has 0 atom stereocenters. The molecular weight excluding hydrogens is 486 g/mol. The second-order valence-electron chi connectivity index (χ2n) is 8.63. The van der Waals surface area contributed by atoms with E-state index < -0.39 is 0 Å². The number of phenolic OH excluding ortho intramolecular Hbond substituents is 1. The lowest BCUT2D eigenvalue weighted by Crippen LogP contribution is -2.02. The average Bonchev–Trinajstić information content (AvgIpc) is 3.21. The van der Waals surface area contributed by atoms with Crippen LogP contribution in [0, 0.1) is 0 Å². The van der Waals surface area contributed by atoms with Crippen molar-refractivity contribution in [3.05, 3.63) is 119 Å². The highest BCUT2D eigenvalue weighted by molar-refractivity contribution is 6.33. The van der Waals surface area contributed by atoms with Gasteiger partial charge in [-0.15, -0.1) is 5.11 Å². The van der Waals surface area contributed by atoms with Crippen LogP contribution in [0.4, 0.5) is 17.1 Å². The summed E-state index contributed by atoms with van der Waals surface area (Å²) in [5, 5.41) is 22.0. The summed E-state index contributed by atoms with van der Waals surface area (Å²) < 4.78 is 0. The molecule has 1 aliphatic rings. The molecule has 0 saturated heterocycles. The van der Waals surface area contributed by atoms with Gasteiger partial charge in [0.25, 0.3) is 0 Å². The highest BCUT2D eigenvalue weighted by Gasteiger charge is 2.26. The number of aromatic hydroxyl groups is 1. The van der Waals surface area contributed by atoms with Crippen LogP contribution >= 0.6 is 11.6 Å². The van der Waals surface area contributed by atoms with Crippen molar-refractivity contribution in [1.82, 2.24) is 0 Å². The SMILES string of the molecule is O=C1c2ccccc2-c2ccc(N=Nc3c(O)c(CONc4ccccc4Cl)cc4ccccc34)cc21. The van der Waals surface area contributed by atoms with Crippen molar-refractivity contribution in [1.29, 1.82) is 0 Å². The predicted octanol–water partition coefficient (Wildman–Crippen LogP) is 8.37. The number of carbonyl (C=O) groups excluding carboxylic acids is 1. The summed E-state index contributed by atoms with van der Waals surface area (Å²) in [5.74, 6) is -0.0610. The van der Waals surface area contributed by atoms with Crippen LogP contribution < -0.4 is 5.48 Å². The van der Waals surface area contributed by atoms with Gasteiger partial charge in [-0.05, 0) is 46.8 Å². The Labute approximate surface area is 217 Å². The summed E-state index contributed by atoms with van der Waals surface area (Å²) in [6.07, 6.45) is 0. The molecule has 0 spiro atoms. The van der Waals surface area contributed by atoms with E-state index in [4.69, 9.17) is 16.4 Å². The summed E-state index contributed by atoms with van der Waals surface area (Å²) in [4.78, 5) is 18.5. The number of para-hydroxylation sites is 1. The third kappa shape index (κ3) is 4.22. The Morgan fingerprint density at radius 2 is 1.51 bits per heavy atom. The maximum atomic E-state index is 12.9. The molecular formula is C30H20ClN3O3. The number of ketones is 1. The molecule has 37 heavy (non-hydrogen) atoms. The van der Waals surface area contributed by atoms with Crippen LogP contribution in [0.25, 0.3) is 21.9 Å². The third-order valence-corrected chi connectivity index (χ3v) is 6.66. The number of benzene rings is 5. The van der Waals surface area contributed by atoms with Crippen molar-refractivity contribution in [2.24, 2.45) is 10.2 Å². The summed E-state index contributed by atoms with van der Waals surface area (Å²) in [7, 11) is 0. The Morgan fingerprint density at radius 3 is 2.38 bits per heavy atom. The molecule has 5 aromatic rings. The Bertz CT molecular complexity index is 1710. The number of azo groups is 1. The number of carbonyl (C=O) groups is 1. The lowest BCUT2D eigenvalue weighted by Gasteiger charge is -2.12. The largest absolute Gasteiger partial charge is 0.505 e. The van der Waals surface area contributed by atoms with E-state index in [1.807, 2.05) is 78.9 Å². The normalized spacial score (nSPS) is 12.2. The smallest absolute Gasteiger partial charge is 0.194 e. The van der Waals surface area contributed by atoms with Crippen molar-refractivity contribution in [2.45, 2.75) is 6.61 Å². The van der Waals surface area contributed by atoms with E-state index in [0.29, 0.717) is 38.8 Å². The zero-order valence-electron chi connectivity index (χ0n) is 19.5. The number of hydrogen-bond acceptors (Lipinski definition) is 6. The highest BCUT2D eigenvalue weighted by Crippen LogP contribution is 2.41. The maximum Gasteiger partial charge on any atom is 0.194 e. The fourth-order valence-electron chi connectivity index (χ4n) is 4.51. The molecule has 0 unspecified atom stereocenters. The first-order valence-corrected chi connectivity index (χ1v) is 12.0. The Hall–Kier alpha value is -4.52. The number of phenols is 1. The van der Waals surface area contributed by atoms with Crippen LogP contribution in [0.15, 0.2) is 107 Å². The molecule has 1 aliphatic carbocycles. The molecule has 0 radical (unpaired) electrons. The number of halogens is 1. The van der Waals surface area contributed by atoms with Gasteiger partial charge in [0.15, 0.2) is 5.78 Å². The van der Waals surface area contributed by atoms with Gasteiger partial charge in [-0.3, -0.25) is 15.1 Å². The van der Waals surface area contributed by atoms with Crippen LogP contribution in [-0.4, -0.2) is 10.9 Å². The first kappa shape index (κ1) is 22.9. The van der Waals surface area contributed by atoms with E-state index in [-0.39, 0.29) is 18.1 Å². The second kappa shape index (κ2) is 9.50. The fraction of sp³-hybridized carbons (Fsp3) is 0.0333. The van der Waals surface area contributed by atoms with Gasteiger partial charge in [0.2, 0.25) is 0 Å². The molecule has 0 saturated carbocycles. The van der Waals surface area contributed by atoms with Crippen LogP contribution in [0.2, 0.25) is 5.02 Å². The van der Waals surface area contributed by atoms with Gasteiger partial charge >= 0.3 is 0 Å². The zero-order valence-corrected chi connectivity index (χ0v) is 20.2. The summed E-state index contributed by atoms with van der Waals surface area (Å²) >= 11 is 6.17. The molecule has 5 aromatic carbocycles. The van der Waals surface area contributed by atoms with Crippen LogP contribution in [-0.2, 0) is 11.4 Å². The molecule has 6 nitrogen and oxygen atoms in total. The Balaban J connectivity index is 1.31. The fourth-order valence-corrected chi connectivity index (χ4v) is 4.68. The van der Waals surface area contributed by atoms with Crippen LogP contribution in [0.3, 0.4) is 0 Å². The van der Waals surface area contributed by atoms with Gasteiger partial charge < -0.3 is 5.11 Å². The van der Waals surface area contributed by atoms with Gasteiger partial charge in [-0.2, -0.15) is 5.11 Å². The predicted molar refractivity (Wildman–Crippen MR) is 145 cm³/mol. The Morgan fingerprint density at radius 1 is 0.784 bits per heavy atom. The minimum absolute atomic E-state index is 0.0267. The van der Waals surface area contributed by atoms with Crippen molar-refractivity contribution in [3.8, 4) is 16.9 Å². The molecule has 180 valence electrons. The molecule has 0 aromatic heterocycles. The summed E-state index contributed by atoms with van der Waals surface area (Å²) in [6.45, 7) is 0.0655. The highest BCUT2D eigenvalue weighted by atomic mass is 35.5. The number of nitrogens with zero attached hydrogens (tertiary/aromatic N) is 2. The number of hydrogen-bond donors (Lipinski definition) is 2. The molecule has 6 rings (SSSR count). The van der Waals surface area contributed by atoms with Crippen molar-refractivity contribution < 1.29 is 14.7 Å². The molecule has 0 aliphatic heterocycles. The van der Waals surface area contributed by atoms with E-state index >= 15 is 0 Å². The van der Waals surface area contributed by atoms with Gasteiger partial charge in [0, 0.05) is 22.1 Å². The average molecular weight is 506 g/mol. The quantitative estimate of drug-likeness (QED) is 0.176. The van der Waals surface area contributed by atoms with Crippen molar-refractivity contribution >= 4 is 45.2 Å². The molecule has 7 heteroatoms. The lowest BCUT2D eigenvalue weighted by molar-refractivity contribution is 0.104. The summed E-state index contributed by atoms with van der Waals surface area (Å²) in [5.41, 5.74) is 7.92. The first-order valence-electron chi connectivity index (χ1n) is 11.7. The van der Waals surface area contributed by atoms with Gasteiger partial charge in [0.05, 0.1) is 16.4 Å². The minimum atomic E-state index is -0.0342. The van der Waals surface area contributed by atoms with E-state index in [2.05, 4.69) is 15.7 Å². The summed E-state index contributed by atoms with van der Waals surface area (Å²) in [6, 6.07) is 29.7. The van der Waals surface area contributed by atoms with E-state index in [9.17, 15) is 9.90 Å². The lowest BCUT2D eigenvalue weighted by atomic mass is 10.0. The molecule has 0 fully saturated rings. The Kier molecular flexibility index (Phi) is 5.88. The second-order valence-corrected chi connectivity index (χ2v) is 9.04. The standard InChI is InChI=1S/C30H20ClN3O3/c31-26-11-5-6-12-27(26)34-37-17-19-15-18-7-1-2-8-21(18)28(29(19)35)33-32-20-13-14-23-22-9-3-4-10-24(22)30(36)25(23)16-20/h1-16,34-35H,17H2. The minimum Gasteiger partial charge on any atom is -0.505 e. The van der Waals surface area contributed by atoms with Crippen LogP contribution in [0.1, 0.15) is 21.5 Å². The first-order chi connectivity index (χ1) is 18.1. The number of anilines is 1. The molecule has 0 heterocycles. The monoisotopic (exact) mass is 505 g/mol. The third-order valence-electron chi connectivity index (χ3n) is 6.33. The number of fused-ring (bicyclic) bond motifs is 4. The molecule has 0 bridgehead atoms. The van der Waals surface area contributed by atoms with E-state index in [0.717, 1.165) is 21.9 Å². The topological polar surface area (TPSA) is 83.3 Å². The van der Waals surface area contributed by atoms with Crippen LogP contribution in [0.5, 0.6) is 5.75 Å². The van der Waals surface area contributed by atoms with E-state index in [1.165, 1.54) is 0 Å².